The molecule has 0 fully saturated rings. The molecule has 0 aliphatic carbocycles. The summed E-state index contributed by atoms with van der Waals surface area (Å²) in [6.07, 6.45) is 1.90. The van der Waals surface area contributed by atoms with Crippen LogP contribution in [0.25, 0.3) is 0 Å². The molecule has 10 heteroatoms. The minimum Gasteiger partial charge on any atom is -0.383 e. The third-order valence-corrected chi connectivity index (χ3v) is 5.23. The van der Waals surface area contributed by atoms with Gasteiger partial charge in [0, 0.05) is 51.3 Å². The quantitative estimate of drug-likeness (QED) is 0.375. The number of hydrogen-bond acceptors (Lipinski definition) is 5. The van der Waals surface area contributed by atoms with E-state index < -0.39 is 10.8 Å². The van der Waals surface area contributed by atoms with Crippen LogP contribution in [-0.4, -0.2) is 64.5 Å². The summed E-state index contributed by atoms with van der Waals surface area (Å²) in [7, 11) is 3.47. The monoisotopic (exact) mass is 464 g/mol. The lowest BCUT2D eigenvalue weighted by Gasteiger charge is -2.29. The summed E-state index contributed by atoms with van der Waals surface area (Å²) in [6, 6.07) is 7.53. The Morgan fingerprint density at radius 2 is 1.97 bits per heavy atom. The molecule has 32 heavy (non-hydrogen) atoms. The number of carbonyl (C=O) groups is 2. The van der Waals surface area contributed by atoms with Crippen LogP contribution in [0.4, 0.5) is 5.69 Å². The van der Waals surface area contributed by atoms with E-state index in [2.05, 4.69) is 0 Å². The fourth-order valence-corrected chi connectivity index (χ4v) is 3.49. The number of benzene rings is 1. The van der Waals surface area contributed by atoms with Crippen LogP contribution >= 0.6 is 11.6 Å². The van der Waals surface area contributed by atoms with Gasteiger partial charge in [0.05, 0.1) is 28.7 Å². The van der Waals surface area contributed by atoms with Gasteiger partial charge in [-0.05, 0) is 24.1 Å². The topological polar surface area (TPSA) is 97.9 Å². The first kappa shape index (κ1) is 25.4. The lowest BCUT2D eigenvalue weighted by atomic mass is 10.1. The summed E-state index contributed by atoms with van der Waals surface area (Å²) in [5.41, 5.74) is 0.873. The average Bonchev–Trinajstić information content (AvgIpc) is 3.13. The zero-order valence-electron chi connectivity index (χ0n) is 18.8. The van der Waals surface area contributed by atoms with E-state index in [1.54, 1.807) is 12.0 Å². The minimum atomic E-state index is -0.577. The maximum atomic E-state index is 13.2. The molecule has 1 aromatic heterocycles. The molecule has 0 unspecified atom stereocenters. The first-order valence-corrected chi connectivity index (χ1v) is 10.6. The number of hydrogen-bond donors (Lipinski definition) is 0. The van der Waals surface area contributed by atoms with E-state index in [1.807, 2.05) is 43.8 Å². The number of aromatic nitrogens is 1. The molecule has 0 N–H and O–H groups in total. The van der Waals surface area contributed by atoms with Crippen molar-refractivity contribution in [2.24, 2.45) is 13.0 Å². The van der Waals surface area contributed by atoms with Crippen LogP contribution in [-0.2, 0) is 23.1 Å². The van der Waals surface area contributed by atoms with Gasteiger partial charge in [0.25, 0.3) is 11.6 Å². The standard InChI is InChI=1S/C22H29ClN4O5/c1-16(2)13-26(22(29)19-8-7-17(27(30)31)12-20(19)23)15-21(28)25(10-11-32-4)14-18-6-5-9-24(18)3/h5-9,12,16H,10-11,13-15H2,1-4H3. The van der Waals surface area contributed by atoms with Gasteiger partial charge >= 0.3 is 0 Å². The Bertz CT molecular complexity index is 960. The van der Waals surface area contributed by atoms with Crippen molar-refractivity contribution >= 4 is 29.1 Å². The number of nitro benzene ring substituents is 1. The third kappa shape index (κ3) is 6.80. The van der Waals surface area contributed by atoms with Gasteiger partial charge in [-0.25, -0.2) is 0 Å². The van der Waals surface area contributed by atoms with E-state index in [9.17, 15) is 19.7 Å². The van der Waals surface area contributed by atoms with Crippen LogP contribution in [0.2, 0.25) is 5.02 Å². The molecule has 9 nitrogen and oxygen atoms in total. The first-order chi connectivity index (χ1) is 15.1. The van der Waals surface area contributed by atoms with E-state index in [4.69, 9.17) is 16.3 Å². The summed E-state index contributed by atoms with van der Waals surface area (Å²) in [6.45, 7) is 5.20. The molecular weight excluding hydrogens is 436 g/mol. The Labute approximate surface area is 192 Å². The number of carbonyl (C=O) groups excluding carboxylic acids is 2. The normalized spacial score (nSPS) is 10.9. The molecule has 0 aliphatic rings. The lowest BCUT2D eigenvalue weighted by Crippen LogP contribution is -2.45. The maximum Gasteiger partial charge on any atom is 0.270 e. The molecule has 2 amide bonds. The molecular formula is C22H29ClN4O5. The number of ether oxygens (including phenoxy) is 1. The second kappa shape index (κ2) is 11.6. The number of aryl methyl sites for hydroxylation is 1. The fourth-order valence-electron chi connectivity index (χ4n) is 3.23. The van der Waals surface area contributed by atoms with Gasteiger partial charge in [-0.3, -0.25) is 19.7 Å². The lowest BCUT2D eigenvalue weighted by molar-refractivity contribution is -0.384. The van der Waals surface area contributed by atoms with Gasteiger partial charge in [0.1, 0.15) is 6.54 Å². The Balaban J connectivity index is 2.25. The van der Waals surface area contributed by atoms with Gasteiger partial charge in [0.15, 0.2) is 0 Å². The predicted octanol–water partition coefficient (Wildman–Crippen LogP) is 3.36. The summed E-state index contributed by atoms with van der Waals surface area (Å²) in [5, 5.41) is 10.9. The summed E-state index contributed by atoms with van der Waals surface area (Å²) in [4.78, 5) is 39.9. The van der Waals surface area contributed by atoms with Crippen molar-refractivity contribution in [3.8, 4) is 0 Å². The van der Waals surface area contributed by atoms with Gasteiger partial charge in [-0.2, -0.15) is 0 Å². The van der Waals surface area contributed by atoms with Crippen molar-refractivity contribution in [2.75, 3.05) is 33.4 Å². The van der Waals surface area contributed by atoms with Crippen LogP contribution in [0, 0.1) is 16.0 Å². The smallest absolute Gasteiger partial charge is 0.270 e. The minimum absolute atomic E-state index is 0.0227. The number of amides is 2. The molecule has 1 aromatic carbocycles. The van der Waals surface area contributed by atoms with E-state index in [0.717, 1.165) is 11.8 Å². The molecule has 0 atom stereocenters. The first-order valence-electron chi connectivity index (χ1n) is 10.2. The van der Waals surface area contributed by atoms with E-state index in [1.165, 1.54) is 17.0 Å². The number of rotatable bonds is 11. The van der Waals surface area contributed by atoms with Crippen molar-refractivity contribution in [1.29, 1.82) is 0 Å². The van der Waals surface area contributed by atoms with Crippen LogP contribution in [0.1, 0.15) is 29.9 Å². The van der Waals surface area contributed by atoms with E-state index in [-0.39, 0.29) is 34.6 Å². The molecule has 0 bridgehead atoms. The van der Waals surface area contributed by atoms with Crippen LogP contribution in [0.5, 0.6) is 0 Å². The SMILES string of the molecule is COCCN(Cc1cccn1C)C(=O)CN(CC(C)C)C(=O)c1ccc([N+](=O)[O-])cc1Cl. The molecule has 0 radical (unpaired) electrons. The molecule has 0 aliphatic heterocycles. The Hall–Kier alpha value is -2.91. The van der Waals surface area contributed by atoms with Crippen molar-refractivity contribution in [3.05, 3.63) is 62.9 Å². The van der Waals surface area contributed by atoms with Crippen molar-refractivity contribution < 1.29 is 19.2 Å². The molecule has 0 spiro atoms. The van der Waals surface area contributed by atoms with Gasteiger partial charge in [-0.15, -0.1) is 0 Å². The van der Waals surface area contributed by atoms with Crippen molar-refractivity contribution in [3.63, 3.8) is 0 Å². The van der Waals surface area contributed by atoms with Gasteiger partial charge in [0.2, 0.25) is 5.91 Å². The van der Waals surface area contributed by atoms with Crippen LogP contribution < -0.4 is 0 Å². The number of halogens is 1. The zero-order chi connectivity index (χ0) is 23.8. The number of nitro groups is 1. The number of methoxy groups -OCH3 is 1. The average molecular weight is 465 g/mol. The summed E-state index contributed by atoms with van der Waals surface area (Å²) < 4.78 is 7.08. The largest absolute Gasteiger partial charge is 0.383 e. The molecule has 2 aromatic rings. The fraction of sp³-hybridized carbons (Fsp3) is 0.455. The highest BCUT2D eigenvalue weighted by atomic mass is 35.5. The van der Waals surface area contributed by atoms with Gasteiger partial charge < -0.3 is 19.1 Å². The van der Waals surface area contributed by atoms with E-state index in [0.29, 0.717) is 26.2 Å². The highest BCUT2D eigenvalue weighted by molar-refractivity contribution is 6.34. The highest BCUT2D eigenvalue weighted by Crippen LogP contribution is 2.24. The second-order valence-corrected chi connectivity index (χ2v) is 8.33. The third-order valence-electron chi connectivity index (χ3n) is 4.91. The van der Waals surface area contributed by atoms with E-state index >= 15 is 0 Å². The van der Waals surface area contributed by atoms with Crippen molar-refractivity contribution in [1.82, 2.24) is 14.4 Å². The molecule has 0 saturated carbocycles. The Morgan fingerprint density at radius 1 is 1.25 bits per heavy atom. The van der Waals surface area contributed by atoms with Crippen LogP contribution in [0.3, 0.4) is 0 Å². The zero-order valence-corrected chi connectivity index (χ0v) is 19.5. The number of non-ortho nitro benzene ring substituents is 1. The molecule has 2 rings (SSSR count). The van der Waals surface area contributed by atoms with Gasteiger partial charge in [-0.1, -0.05) is 25.4 Å². The molecule has 174 valence electrons. The highest BCUT2D eigenvalue weighted by Gasteiger charge is 2.25. The summed E-state index contributed by atoms with van der Waals surface area (Å²) >= 11 is 6.16. The maximum absolute atomic E-state index is 13.2. The van der Waals surface area contributed by atoms with Crippen LogP contribution in [0.15, 0.2) is 36.5 Å². The molecule has 1 heterocycles. The molecule has 0 saturated heterocycles. The summed E-state index contributed by atoms with van der Waals surface area (Å²) in [5.74, 6) is -0.573. The van der Waals surface area contributed by atoms with Crippen molar-refractivity contribution in [2.45, 2.75) is 20.4 Å². The Morgan fingerprint density at radius 3 is 2.50 bits per heavy atom. The Kier molecular flexibility index (Phi) is 9.22. The predicted molar refractivity (Wildman–Crippen MR) is 122 cm³/mol. The second-order valence-electron chi connectivity index (χ2n) is 7.92. The number of nitrogens with zero attached hydrogens (tertiary/aromatic N) is 4.